The largest absolute Gasteiger partial charge is 0.492 e. The average molecular weight is 319 g/mol. The molecule has 0 fully saturated rings. The van der Waals surface area contributed by atoms with E-state index in [0.29, 0.717) is 10.0 Å². The summed E-state index contributed by atoms with van der Waals surface area (Å²) in [6, 6.07) is 9.25. The molecule has 1 aromatic heterocycles. The molecule has 0 radical (unpaired) electrons. The maximum Gasteiger partial charge on any atom is 0.232 e. The first-order valence-corrected chi connectivity index (χ1v) is 7.92. The maximum atomic E-state index is 12.3. The van der Waals surface area contributed by atoms with Crippen molar-refractivity contribution in [3.63, 3.8) is 0 Å². The van der Waals surface area contributed by atoms with Gasteiger partial charge in [-0.15, -0.1) is 0 Å². The fourth-order valence-corrected chi connectivity index (χ4v) is 2.99. The molecule has 0 aliphatic heterocycles. The molecule has 1 unspecified atom stereocenters. The van der Waals surface area contributed by atoms with Crippen molar-refractivity contribution < 1.29 is 9.90 Å². The van der Waals surface area contributed by atoms with Crippen LogP contribution in [0.1, 0.15) is 38.5 Å². The van der Waals surface area contributed by atoms with E-state index in [1.165, 1.54) is 11.3 Å². The first-order valence-electron chi connectivity index (χ1n) is 7.10. The van der Waals surface area contributed by atoms with Crippen molar-refractivity contribution in [3.05, 3.63) is 35.2 Å². The third-order valence-corrected chi connectivity index (χ3v) is 4.09. The first-order chi connectivity index (χ1) is 10.3. The van der Waals surface area contributed by atoms with Crippen LogP contribution in [0.4, 0.5) is 10.8 Å². The second-order valence-corrected chi connectivity index (χ2v) is 7.19. The number of hydrogen-bond acceptors (Lipinski definition) is 5. The number of benzene rings is 1. The van der Waals surface area contributed by atoms with E-state index >= 15 is 0 Å². The molecule has 22 heavy (non-hydrogen) atoms. The zero-order chi connectivity index (χ0) is 16.3. The smallest absolute Gasteiger partial charge is 0.232 e. The minimum atomic E-state index is -0.478. The average Bonchev–Trinajstić information content (AvgIpc) is 2.77. The third kappa shape index (κ3) is 4.21. The topological polar surface area (TPSA) is 74.2 Å². The Bertz CT molecular complexity index is 647. The highest BCUT2D eigenvalue weighted by atomic mass is 32.1. The van der Waals surface area contributed by atoms with Gasteiger partial charge < -0.3 is 15.7 Å². The molecule has 2 aromatic rings. The van der Waals surface area contributed by atoms with Crippen LogP contribution in [0.25, 0.3) is 0 Å². The molecule has 1 heterocycles. The number of carbonyl (C=O) groups excluding carboxylic acids is 1. The Labute approximate surface area is 134 Å². The predicted molar refractivity (Wildman–Crippen MR) is 90.6 cm³/mol. The molecule has 0 aliphatic rings. The highest BCUT2D eigenvalue weighted by molar-refractivity contribution is 7.16. The van der Waals surface area contributed by atoms with Crippen LogP contribution >= 0.6 is 11.3 Å². The molecule has 2 rings (SSSR count). The lowest BCUT2D eigenvalue weighted by Crippen LogP contribution is -2.25. The number of hydrogen-bond donors (Lipinski definition) is 3. The van der Waals surface area contributed by atoms with Crippen molar-refractivity contribution >= 4 is 28.1 Å². The monoisotopic (exact) mass is 319 g/mol. The van der Waals surface area contributed by atoms with Crippen LogP contribution in [0.5, 0.6) is 5.88 Å². The van der Waals surface area contributed by atoms with E-state index in [9.17, 15) is 9.90 Å². The molecule has 0 spiro atoms. The van der Waals surface area contributed by atoms with Crippen molar-refractivity contribution in [1.82, 2.24) is 4.98 Å². The molecule has 0 saturated carbocycles. The van der Waals surface area contributed by atoms with Gasteiger partial charge in [0.25, 0.3) is 0 Å². The Morgan fingerprint density at radius 3 is 2.50 bits per heavy atom. The van der Waals surface area contributed by atoms with Gasteiger partial charge in [0.2, 0.25) is 11.8 Å². The van der Waals surface area contributed by atoms with Crippen LogP contribution in [0, 0.1) is 0 Å². The molecule has 3 N–H and O–H groups in total. The van der Waals surface area contributed by atoms with E-state index in [-0.39, 0.29) is 17.3 Å². The van der Waals surface area contributed by atoms with E-state index in [1.54, 1.807) is 6.92 Å². The molecule has 118 valence electrons. The Morgan fingerprint density at radius 2 is 1.91 bits per heavy atom. The fraction of sp³-hybridized carbons (Fsp3) is 0.375. The Kier molecular flexibility index (Phi) is 4.71. The van der Waals surface area contributed by atoms with Crippen LogP contribution in [-0.2, 0) is 4.79 Å². The van der Waals surface area contributed by atoms with Crippen LogP contribution in [0.15, 0.2) is 30.3 Å². The van der Waals surface area contributed by atoms with Gasteiger partial charge in [0, 0.05) is 11.2 Å². The van der Waals surface area contributed by atoms with Crippen molar-refractivity contribution in [1.29, 1.82) is 0 Å². The number of anilines is 2. The summed E-state index contributed by atoms with van der Waals surface area (Å²) in [5.74, 6) is -0.742. The number of aromatic hydroxyl groups is 1. The Balaban J connectivity index is 2.12. The summed E-state index contributed by atoms with van der Waals surface area (Å²) in [6.07, 6.45) is 0. The zero-order valence-electron chi connectivity index (χ0n) is 13.2. The molecule has 6 heteroatoms. The number of nitrogens with one attached hydrogen (secondary N) is 2. The van der Waals surface area contributed by atoms with Crippen molar-refractivity contribution in [3.8, 4) is 5.88 Å². The summed E-state index contributed by atoms with van der Waals surface area (Å²) in [4.78, 5) is 16.9. The molecule has 0 bridgehead atoms. The standard InChI is InChI=1S/C16H21N3O2S/c1-10(13(20)17-11-8-6-5-7-9-11)12-14(21)18-15(22-12)19-16(2,3)4/h5-10,21H,1-4H3,(H,17,20)(H,18,19). The highest BCUT2D eigenvalue weighted by Gasteiger charge is 2.24. The minimum Gasteiger partial charge on any atom is -0.492 e. The highest BCUT2D eigenvalue weighted by Crippen LogP contribution is 2.35. The van der Waals surface area contributed by atoms with Gasteiger partial charge in [-0.05, 0) is 39.8 Å². The molecule has 0 saturated heterocycles. The fourth-order valence-electron chi connectivity index (χ4n) is 1.87. The van der Waals surface area contributed by atoms with Crippen LogP contribution in [0.2, 0.25) is 0 Å². The minimum absolute atomic E-state index is 0.0903. The summed E-state index contributed by atoms with van der Waals surface area (Å²) >= 11 is 1.30. The van der Waals surface area contributed by atoms with Gasteiger partial charge in [-0.1, -0.05) is 29.5 Å². The van der Waals surface area contributed by atoms with Crippen molar-refractivity contribution in [2.45, 2.75) is 39.2 Å². The van der Waals surface area contributed by atoms with Gasteiger partial charge in [0.1, 0.15) is 0 Å². The summed E-state index contributed by atoms with van der Waals surface area (Å²) in [7, 11) is 0. The number of aromatic nitrogens is 1. The quantitative estimate of drug-likeness (QED) is 0.801. The molecular formula is C16H21N3O2S. The summed E-state index contributed by atoms with van der Waals surface area (Å²) in [6.45, 7) is 7.79. The van der Waals surface area contributed by atoms with Crippen LogP contribution in [-0.4, -0.2) is 21.5 Å². The molecule has 0 aliphatic carbocycles. The number of thiazole rings is 1. The van der Waals surface area contributed by atoms with Gasteiger partial charge in [-0.25, -0.2) is 0 Å². The summed E-state index contributed by atoms with van der Waals surface area (Å²) < 4.78 is 0. The second kappa shape index (κ2) is 6.36. The van der Waals surface area contributed by atoms with Gasteiger partial charge >= 0.3 is 0 Å². The van der Waals surface area contributed by atoms with Gasteiger partial charge in [-0.3, -0.25) is 4.79 Å². The molecule has 5 nitrogen and oxygen atoms in total. The van der Waals surface area contributed by atoms with Crippen LogP contribution < -0.4 is 10.6 Å². The summed E-state index contributed by atoms with van der Waals surface area (Å²) in [5, 5.41) is 16.6. The molecule has 1 atom stereocenters. The van der Waals surface area contributed by atoms with E-state index in [1.807, 2.05) is 51.1 Å². The lowest BCUT2D eigenvalue weighted by atomic mass is 10.1. The Morgan fingerprint density at radius 1 is 1.27 bits per heavy atom. The molecule has 1 amide bonds. The zero-order valence-corrected chi connectivity index (χ0v) is 14.0. The van der Waals surface area contributed by atoms with Crippen LogP contribution in [0.3, 0.4) is 0 Å². The number of nitrogens with zero attached hydrogens (tertiary/aromatic N) is 1. The van der Waals surface area contributed by atoms with Gasteiger partial charge in [0.15, 0.2) is 5.13 Å². The normalized spacial score (nSPS) is 12.7. The lowest BCUT2D eigenvalue weighted by molar-refractivity contribution is -0.117. The predicted octanol–water partition coefficient (Wildman–Crippen LogP) is 3.80. The Hall–Kier alpha value is -2.08. The third-order valence-electron chi connectivity index (χ3n) is 2.94. The summed E-state index contributed by atoms with van der Waals surface area (Å²) in [5.41, 5.74) is 0.577. The molecular weight excluding hydrogens is 298 g/mol. The first kappa shape index (κ1) is 16.3. The number of carbonyl (C=O) groups is 1. The number of amides is 1. The van der Waals surface area contributed by atoms with E-state index in [0.717, 1.165) is 5.69 Å². The van der Waals surface area contributed by atoms with E-state index in [2.05, 4.69) is 15.6 Å². The van der Waals surface area contributed by atoms with E-state index < -0.39 is 5.92 Å². The lowest BCUT2D eigenvalue weighted by Gasteiger charge is -2.19. The van der Waals surface area contributed by atoms with Crippen molar-refractivity contribution in [2.75, 3.05) is 10.6 Å². The van der Waals surface area contributed by atoms with Gasteiger partial charge in [-0.2, -0.15) is 4.98 Å². The SMILES string of the molecule is CC(C(=O)Nc1ccccc1)c1sc(NC(C)(C)C)nc1O. The number of para-hydroxylation sites is 1. The van der Waals surface area contributed by atoms with Gasteiger partial charge in [0.05, 0.1) is 10.8 Å². The number of rotatable bonds is 4. The second-order valence-electron chi connectivity index (χ2n) is 6.16. The van der Waals surface area contributed by atoms with E-state index in [4.69, 9.17) is 0 Å². The molecule has 1 aromatic carbocycles. The maximum absolute atomic E-state index is 12.3. The van der Waals surface area contributed by atoms with Crippen molar-refractivity contribution in [2.24, 2.45) is 0 Å².